The number of benzene rings is 1. The van der Waals surface area contributed by atoms with Crippen molar-refractivity contribution in [2.24, 2.45) is 11.3 Å². The molecule has 1 atom stereocenters. The van der Waals surface area contributed by atoms with Crippen LogP contribution >= 0.6 is 11.6 Å². The summed E-state index contributed by atoms with van der Waals surface area (Å²) in [6.45, 7) is 7.46. The highest BCUT2D eigenvalue weighted by molar-refractivity contribution is 6.30. The van der Waals surface area contributed by atoms with Crippen molar-refractivity contribution in [2.45, 2.75) is 46.1 Å². The number of rotatable bonds is 7. The Morgan fingerprint density at radius 3 is 2.92 bits per heavy atom. The highest BCUT2D eigenvalue weighted by Crippen LogP contribution is 2.34. The Hall–Kier alpha value is -1.36. The number of aromatic amines is 1. The van der Waals surface area contributed by atoms with Gasteiger partial charge in [0.25, 0.3) is 0 Å². The number of hydrogen-bond donors (Lipinski definition) is 2. The summed E-state index contributed by atoms with van der Waals surface area (Å²) < 4.78 is 0. The zero-order chi connectivity index (χ0) is 18.6. The maximum atomic E-state index is 10.2. The fraction of sp³-hybridized carbons (Fsp3) is 0.571. The third-order valence-corrected chi connectivity index (χ3v) is 5.47. The van der Waals surface area contributed by atoms with E-state index in [4.69, 9.17) is 11.6 Å². The average Bonchev–Trinajstić information content (AvgIpc) is 3.01. The van der Waals surface area contributed by atoms with Gasteiger partial charge in [0.2, 0.25) is 0 Å². The Balaban J connectivity index is 1.65. The summed E-state index contributed by atoms with van der Waals surface area (Å²) in [7, 11) is 0. The Bertz CT molecular complexity index is 715. The fourth-order valence-electron chi connectivity index (χ4n) is 4.11. The molecule has 1 aromatic heterocycles. The van der Waals surface area contributed by atoms with Gasteiger partial charge >= 0.3 is 0 Å². The van der Waals surface area contributed by atoms with Crippen LogP contribution in [0.3, 0.4) is 0 Å². The topological polar surface area (TPSA) is 52.1 Å². The number of nitrogens with one attached hydrogen (secondary N) is 1. The van der Waals surface area contributed by atoms with Crippen LogP contribution in [0.25, 0.3) is 0 Å². The monoisotopic (exact) mass is 375 g/mol. The third-order valence-electron chi connectivity index (χ3n) is 5.24. The first kappa shape index (κ1) is 19.4. The molecule has 0 amide bonds. The second-order valence-electron chi connectivity index (χ2n) is 8.26. The van der Waals surface area contributed by atoms with Crippen LogP contribution in [-0.2, 0) is 19.4 Å². The lowest BCUT2D eigenvalue weighted by Gasteiger charge is -2.42. The highest BCUT2D eigenvalue weighted by atomic mass is 35.5. The predicted octanol–water partition coefficient (Wildman–Crippen LogP) is 4.08. The van der Waals surface area contributed by atoms with Crippen molar-refractivity contribution in [3.8, 4) is 0 Å². The minimum absolute atomic E-state index is 0.0935. The van der Waals surface area contributed by atoms with Gasteiger partial charge in [-0.2, -0.15) is 5.10 Å². The van der Waals surface area contributed by atoms with E-state index >= 15 is 0 Å². The first-order valence-electron chi connectivity index (χ1n) is 9.59. The molecule has 1 aliphatic rings. The molecular formula is C21H30ClN3O. The van der Waals surface area contributed by atoms with Crippen LogP contribution in [-0.4, -0.2) is 39.9 Å². The Morgan fingerprint density at radius 1 is 1.35 bits per heavy atom. The molecule has 0 bridgehead atoms. The third kappa shape index (κ3) is 5.09. The molecule has 2 N–H and O–H groups in total. The second-order valence-corrected chi connectivity index (χ2v) is 8.70. The molecular weight excluding hydrogens is 346 g/mol. The highest BCUT2D eigenvalue weighted by Gasteiger charge is 2.35. The lowest BCUT2D eigenvalue weighted by atomic mass is 9.75. The molecule has 5 heteroatoms. The molecule has 2 heterocycles. The van der Waals surface area contributed by atoms with Gasteiger partial charge in [0.1, 0.15) is 0 Å². The fourth-order valence-corrected chi connectivity index (χ4v) is 4.32. The van der Waals surface area contributed by atoms with E-state index < -0.39 is 0 Å². The van der Waals surface area contributed by atoms with Crippen molar-refractivity contribution in [1.82, 2.24) is 15.1 Å². The second kappa shape index (κ2) is 8.55. The predicted molar refractivity (Wildman–Crippen MR) is 106 cm³/mol. The van der Waals surface area contributed by atoms with Crippen LogP contribution in [0.2, 0.25) is 5.02 Å². The van der Waals surface area contributed by atoms with Gasteiger partial charge in [-0.1, -0.05) is 37.6 Å². The van der Waals surface area contributed by atoms with Gasteiger partial charge in [-0.3, -0.25) is 10.00 Å². The molecule has 1 aliphatic heterocycles. The summed E-state index contributed by atoms with van der Waals surface area (Å²) >= 11 is 6.14. The number of aromatic nitrogens is 2. The molecule has 1 saturated heterocycles. The lowest BCUT2D eigenvalue weighted by molar-refractivity contribution is 0.0283. The number of aliphatic hydroxyl groups excluding tert-OH is 1. The van der Waals surface area contributed by atoms with Gasteiger partial charge in [-0.15, -0.1) is 0 Å². The van der Waals surface area contributed by atoms with Crippen molar-refractivity contribution in [2.75, 3.05) is 19.7 Å². The quantitative estimate of drug-likeness (QED) is 0.766. The molecule has 0 radical (unpaired) electrons. The van der Waals surface area contributed by atoms with E-state index in [1.165, 1.54) is 5.56 Å². The number of piperidine rings is 1. The van der Waals surface area contributed by atoms with E-state index in [0.29, 0.717) is 5.92 Å². The van der Waals surface area contributed by atoms with Crippen LogP contribution in [0, 0.1) is 11.3 Å². The Kier molecular flexibility index (Phi) is 6.38. The Morgan fingerprint density at radius 2 is 2.19 bits per heavy atom. The van der Waals surface area contributed by atoms with E-state index in [2.05, 4.69) is 41.1 Å². The number of halogens is 1. The maximum Gasteiger partial charge on any atom is 0.0628 e. The SMILES string of the molecule is CC(C)Cc1cc(CN2CCCC(CO)(Cc3cccc(Cl)c3)C2)[nH]n1. The summed E-state index contributed by atoms with van der Waals surface area (Å²) in [5.74, 6) is 0.612. The molecule has 3 rings (SSSR count). The van der Waals surface area contributed by atoms with Crippen molar-refractivity contribution in [1.29, 1.82) is 0 Å². The van der Waals surface area contributed by atoms with Crippen molar-refractivity contribution in [3.63, 3.8) is 0 Å². The van der Waals surface area contributed by atoms with Crippen molar-refractivity contribution >= 4 is 11.6 Å². The lowest BCUT2D eigenvalue weighted by Crippen LogP contribution is -2.46. The van der Waals surface area contributed by atoms with Gasteiger partial charge in [0, 0.05) is 29.2 Å². The number of hydrogen-bond acceptors (Lipinski definition) is 3. The van der Waals surface area contributed by atoms with E-state index in [0.717, 1.165) is 61.7 Å². The molecule has 26 heavy (non-hydrogen) atoms. The zero-order valence-electron chi connectivity index (χ0n) is 15.8. The summed E-state index contributed by atoms with van der Waals surface area (Å²) in [6, 6.07) is 10.2. The van der Waals surface area contributed by atoms with E-state index in [1.807, 2.05) is 18.2 Å². The van der Waals surface area contributed by atoms with Crippen LogP contribution in [0.5, 0.6) is 0 Å². The van der Waals surface area contributed by atoms with Crippen LogP contribution in [0.4, 0.5) is 0 Å². The van der Waals surface area contributed by atoms with Crippen LogP contribution in [0.1, 0.15) is 43.6 Å². The molecule has 1 aromatic carbocycles. The molecule has 4 nitrogen and oxygen atoms in total. The van der Waals surface area contributed by atoms with Crippen molar-refractivity contribution < 1.29 is 5.11 Å². The first-order valence-corrected chi connectivity index (χ1v) is 9.97. The summed E-state index contributed by atoms with van der Waals surface area (Å²) in [6.07, 6.45) is 4.02. The maximum absolute atomic E-state index is 10.2. The smallest absolute Gasteiger partial charge is 0.0628 e. The molecule has 1 fully saturated rings. The van der Waals surface area contributed by atoms with Gasteiger partial charge in [0.15, 0.2) is 0 Å². The summed E-state index contributed by atoms with van der Waals surface area (Å²) in [5, 5.41) is 18.6. The van der Waals surface area contributed by atoms with Gasteiger partial charge < -0.3 is 5.11 Å². The van der Waals surface area contributed by atoms with Crippen LogP contribution < -0.4 is 0 Å². The first-order chi connectivity index (χ1) is 12.5. The number of aliphatic hydroxyl groups is 1. The molecule has 142 valence electrons. The standard InChI is InChI=1S/C21H30ClN3O/c1-16(2)9-19-11-20(24-23-19)13-25-8-4-7-21(14-25,15-26)12-17-5-3-6-18(22)10-17/h3,5-6,10-11,16,26H,4,7-9,12-15H2,1-2H3,(H,23,24). The van der Waals surface area contributed by atoms with Crippen LogP contribution in [0.15, 0.2) is 30.3 Å². The van der Waals surface area contributed by atoms with Gasteiger partial charge in [-0.25, -0.2) is 0 Å². The largest absolute Gasteiger partial charge is 0.396 e. The van der Waals surface area contributed by atoms with Gasteiger partial charge in [0.05, 0.1) is 12.3 Å². The number of likely N-dealkylation sites (tertiary alicyclic amines) is 1. The van der Waals surface area contributed by atoms with E-state index in [-0.39, 0.29) is 12.0 Å². The number of H-pyrrole nitrogens is 1. The number of nitrogens with zero attached hydrogens (tertiary/aromatic N) is 2. The Labute approximate surface area is 161 Å². The zero-order valence-corrected chi connectivity index (χ0v) is 16.6. The minimum atomic E-state index is -0.0935. The molecule has 2 aromatic rings. The molecule has 1 unspecified atom stereocenters. The van der Waals surface area contributed by atoms with Crippen molar-refractivity contribution in [3.05, 3.63) is 52.3 Å². The minimum Gasteiger partial charge on any atom is -0.396 e. The van der Waals surface area contributed by atoms with E-state index in [9.17, 15) is 5.11 Å². The molecule has 0 saturated carbocycles. The van der Waals surface area contributed by atoms with Gasteiger partial charge in [-0.05, 0) is 61.9 Å². The molecule has 0 spiro atoms. The summed E-state index contributed by atoms with van der Waals surface area (Å²) in [5.41, 5.74) is 3.41. The average molecular weight is 376 g/mol. The van der Waals surface area contributed by atoms with E-state index in [1.54, 1.807) is 0 Å². The normalized spacial score (nSPS) is 21.4. The molecule has 0 aliphatic carbocycles. The summed E-state index contributed by atoms with van der Waals surface area (Å²) in [4.78, 5) is 2.44.